The van der Waals surface area contributed by atoms with Crippen molar-refractivity contribution in [2.24, 2.45) is 5.41 Å². The number of carbonyl (C=O) groups excluding carboxylic acids is 1. The molecule has 1 aromatic carbocycles. The van der Waals surface area contributed by atoms with Gasteiger partial charge in [0.25, 0.3) is 0 Å². The number of hydrogen-bond acceptors (Lipinski definition) is 5. The maximum atomic E-state index is 13.8. The highest BCUT2D eigenvalue weighted by molar-refractivity contribution is 5.92. The number of rotatable bonds is 2. The third-order valence-corrected chi connectivity index (χ3v) is 8.09. The number of hydrazine groups is 1. The number of amides is 1. The van der Waals surface area contributed by atoms with Crippen LogP contribution in [0.15, 0.2) is 24.3 Å². The molecule has 1 aliphatic heterocycles. The molecule has 148 valence electrons. The number of para-hydroxylation sites is 2. The normalized spacial score (nSPS) is 31.9. The Labute approximate surface area is 166 Å². The van der Waals surface area contributed by atoms with Gasteiger partial charge >= 0.3 is 0 Å². The summed E-state index contributed by atoms with van der Waals surface area (Å²) in [6, 6.07) is 8.00. The summed E-state index contributed by atoms with van der Waals surface area (Å²) in [6.45, 7) is 10.4. The minimum absolute atomic E-state index is 0.0918. The Morgan fingerprint density at radius 2 is 1.57 bits per heavy atom. The first-order chi connectivity index (χ1) is 13.3. The number of piperazine rings is 1. The van der Waals surface area contributed by atoms with E-state index in [2.05, 4.69) is 43.2 Å². The Morgan fingerprint density at radius 3 is 2.21 bits per heavy atom. The first-order valence-electron chi connectivity index (χ1n) is 10.3. The lowest BCUT2D eigenvalue weighted by Gasteiger charge is -2.41. The third kappa shape index (κ3) is 2.08. The average Bonchev–Trinajstić information content (AvgIpc) is 2.98. The number of aromatic nitrogens is 2. The highest BCUT2D eigenvalue weighted by atomic mass is 16.2. The predicted molar refractivity (Wildman–Crippen MR) is 109 cm³/mol. The van der Waals surface area contributed by atoms with Gasteiger partial charge in [-0.25, -0.2) is 15.0 Å². The van der Waals surface area contributed by atoms with E-state index in [1.807, 2.05) is 24.3 Å². The summed E-state index contributed by atoms with van der Waals surface area (Å²) in [5.74, 6) is 0.0918. The van der Waals surface area contributed by atoms with E-state index in [1.165, 1.54) is 0 Å². The number of carbonyl (C=O) groups is 1. The second kappa shape index (κ2) is 5.74. The van der Waals surface area contributed by atoms with Crippen molar-refractivity contribution in [3.63, 3.8) is 0 Å². The lowest BCUT2D eigenvalue weighted by Crippen LogP contribution is -2.59. The Balaban J connectivity index is 1.60. The lowest BCUT2D eigenvalue weighted by molar-refractivity contribution is -0.136. The average molecular weight is 380 g/mol. The third-order valence-electron chi connectivity index (χ3n) is 8.09. The summed E-state index contributed by atoms with van der Waals surface area (Å²) in [5, 5.41) is 2.08. The van der Waals surface area contributed by atoms with Crippen molar-refractivity contribution in [2.75, 3.05) is 33.2 Å². The minimum Gasteiger partial charge on any atom is -0.304 e. The van der Waals surface area contributed by atoms with Gasteiger partial charge in [-0.15, -0.1) is 0 Å². The van der Waals surface area contributed by atoms with Gasteiger partial charge < -0.3 is 4.90 Å². The molecule has 2 fully saturated rings. The number of benzene rings is 1. The molecule has 1 saturated carbocycles. The predicted octanol–water partition coefficient (Wildman–Crippen LogP) is 2.24. The molecule has 2 atom stereocenters. The molecule has 3 aliphatic rings. The highest BCUT2D eigenvalue weighted by Gasteiger charge is 2.73. The number of fused-ring (bicyclic) bond motifs is 6. The van der Waals surface area contributed by atoms with Gasteiger partial charge in [0.05, 0.1) is 22.4 Å². The van der Waals surface area contributed by atoms with Crippen LogP contribution in [0.1, 0.15) is 45.0 Å². The molecule has 1 amide bonds. The fourth-order valence-electron chi connectivity index (χ4n) is 5.71. The molecule has 5 rings (SSSR count). The number of nitrogens with zero attached hydrogens (tertiary/aromatic N) is 4. The summed E-state index contributed by atoms with van der Waals surface area (Å²) in [4.78, 5) is 26.1. The number of hydrogen-bond donors (Lipinski definition) is 1. The second-order valence-electron chi connectivity index (χ2n) is 9.50. The van der Waals surface area contributed by atoms with Crippen molar-refractivity contribution < 1.29 is 4.79 Å². The molecule has 2 heterocycles. The van der Waals surface area contributed by atoms with Gasteiger partial charge in [-0.2, -0.15) is 0 Å². The zero-order chi connectivity index (χ0) is 19.7. The van der Waals surface area contributed by atoms with Crippen LogP contribution in [0, 0.1) is 5.41 Å². The van der Waals surface area contributed by atoms with Crippen molar-refractivity contribution in [3.05, 3.63) is 35.7 Å². The van der Waals surface area contributed by atoms with Gasteiger partial charge in [0.1, 0.15) is 5.41 Å². The lowest BCUT2D eigenvalue weighted by atomic mass is 9.63. The Hall–Kier alpha value is -2.05. The van der Waals surface area contributed by atoms with Crippen LogP contribution < -0.4 is 5.43 Å². The monoisotopic (exact) mass is 379 g/mol. The number of likely N-dealkylation sites (N-methyl/N-ethyl adjacent to an activating group) is 1. The van der Waals surface area contributed by atoms with Crippen LogP contribution in [-0.4, -0.2) is 59.0 Å². The standard InChI is InChI=1S/C22H29N5O/c1-20(2)21(3)9-10-22(20,19(28)25-27-13-11-26(4)12-14-27)18-17(21)23-15-7-5-6-8-16(15)24-18/h5-8H,9-14H2,1-4H3,(H,25,28). The van der Waals surface area contributed by atoms with Crippen LogP contribution >= 0.6 is 0 Å². The van der Waals surface area contributed by atoms with Crippen molar-refractivity contribution in [1.29, 1.82) is 0 Å². The van der Waals surface area contributed by atoms with E-state index in [0.29, 0.717) is 0 Å². The van der Waals surface area contributed by atoms with E-state index in [-0.39, 0.29) is 16.7 Å². The fourth-order valence-corrected chi connectivity index (χ4v) is 5.71. The van der Waals surface area contributed by atoms with Crippen molar-refractivity contribution >= 4 is 16.9 Å². The fraction of sp³-hybridized carbons (Fsp3) is 0.591. The molecule has 6 heteroatoms. The highest BCUT2D eigenvalue weighted by Crippen LogP contribution is 2.70. The Kier molecular flexibility index (Phi) is 3.69. The zero-order valence-electron chi connectivity index (χ0n) is 17.2. The van der Waals surface area contributed by atoms with Crippen LogP contribution in [-0.2, 0) is 15.6 Å². The Bertz CT molecular complexity index is 965. The minimum atomic E-state index is -0.628. The first-order valence-corrected chi connectivity index (χ1v) is 10.3. The molecule has 28 heavy (non-hydrogen) atoms. The molecule has 2 aromatic rings. The van der Waals surface area contributed by atoms with E-state index in [4.69, 9.17) is 9.97 Å². The molecule has 6 nitrogen and oxygen atoms in total. The van der Waals surface area contributed by atoms with Gasteiger partial charge in [0, 0.05) is 31.6 Å². The van der Waals surface area contributed by atoms with Crippen LogP contribution in [0.25, 0.3) is 11.0 Å². The second-order valence-corrected chi connectivity index (χ2v) is 9.50. The molecule has 0 spiro atoms. The van der Waals surface area contributed by atoms with Crippen molar-refractivity contribution in [2.45, 2.75) is 44.4 Å². The van der Waals surface area contributed by atoms with Gasteiger partial charge in [0.15, 0.2) is 0 Å². The zero-order valence-corrected chi connectivity index (χ0v) is 17.2. The van der Waals surface area contributed by atoms with Crippen LogP contribution in [0.5, 0.6) is 0 Å². The molecule has 2 unspecified atom stereocenters. The van der Waals surface area contributed by atoms with Gasteiger partial charge in [-0.05, 0) is 37.4 Å². The maximum absolute atomic E-state index is 13.8. The Morgan fingerprint density at radius 1 is 0.964 bits per heavy atom. The molecule has 1 aromatic heterocycles. The van der Waals surface area contributed by atoms with Crippen LogP contribution in [0.2, 0.25) is 0 Å². The summed E-state index contributed by atoms with van der Waals surface area (Å²) in [5.41, 5.74) is 5.97. The molecular formula is C22H29N5O. The molecule has 2 bridgehead atoms. The summed E-state index contributed by atoms with van der Waals surface area (Å²) >= 11 is 0. The summed E-state index contributed by atoms with van der Waals surface area (Å²) in [6.07, 6.45) is 1.80. The van der Waals surface area contributed by atoms with E-state index in [9.17, 15) is 4.79 Å². The van der Waals surface area contributed by atoms with Crippen LogP contribution in [0.3, 0.4) is 0 Å². The first kappa shape index (κ1) is 18.0. The van der Waals surface area contributed by atoms with Crippen molar-refractivity contribution in [1.82, 2.24) is 25.3 Å². The topological polar surface area (TPSA) is 61.4 Å². The van der Waals surface area contributed by atoms with Crippen molar-refractivity contribution in [3.8, 4) is 0 Å². The van der Waals surface area contributed by atoms with E-state index < -0.39 is 5.41 Å². The molecule has 2 aliphatic carbocycles. The smallest absolute Gasteiger partial charge is 0.247 e. The SMILES string of the molecule is CN1CCN(NC(=O)C23CCC(C)(c4nc5ccccc5nc42)C3(C)C)CC1. The van der Waals surface area contributed by atoms with E-state index in [0.717, 1.165) is 61.4 Å². The van der Waals surface area contributed by atoms with Crippen LogP contribution in [0.4, 0.5) is 0 Å². The molecule has 1 saturated heterocycles. The summed E-state index contributed by atoms with van der Waals surface area (Å²) in [7, 11) is 2.12. The molecule has 1 N–H and O–H groups in total. The molecular weight excluding hydrogens is 350 g/mol. The largest absolute Gasteiger partial charge is 0.304 e. The van der Waals surface area contributed by atoms with Gasteiger partial charge in [-0.1, -0.05) is 32.9 Å². The van der Waals surface area contributed by atoms with Gasteiger partial charge in [0.2, 0.25) is 5.91 Å². The van der Waals surface area contributed by atoms with E-state index >= 15 is 0 Å². The summed E-state index contributed by atoms with van der Waals surface area (Å²) < 4.78 is 0. The molecule has 0 radical (unpaired) electrons. The maximum Gasteiger partial charge on any atom is 0.247 e. The quantitative estimate of drug-likeness (QED) is 0.867. The number of nitrogens with one attached hydrogen (secondary N) is 1. The van der Waals surface area contributed by atoms with E-state index in [1.54, 1.807) is 0 Å². The van der Waals surface area contributed by atoms with Gasteiger partial charge in [-0.3, -0.25) is 10.2 Å².